The number of carbonyl (C=O) groups excluding carboxylic acids is 1. The van der Waals surface area contributed by atoms with E-state index in [1.807, 2.05) is 0 Å². The van der Waals surface area contributed by atoms with Gasteiger partial charge in [0, 0.05) is 23.7 Å². The van der Waals surface area contributed by atoms with Crippen LogP contribution in [0.1, 0.15) is 23.2 Å². The highest BCUT2D eigenvalue weighted by Gasteiger charge is 2.17. The van der Waals surface area contributed by atoms with Crippen LogP contribution >= 0.6 is 11.6 Å². The highest BCUT2D eigenvalue weighted by molar-refractivity contribution is 6.30. The molecule has 7 heteroatoms. The number of halogens is 1. The van der Waals surface area contributed by atoms with Crippen molar-refractivity contribution in [1.82, 2.24) is 14.9 Å². The van der Waals surface area contributed by atoms with Crippen LogP contribution in [-0.2, 0) is 4.74 Å². The Bertz CT molecular complexity index is 1060. The summed E-state index contributed by atoms with van der Waals surface area (Å²) in [4.78, 5) is 29.5. The first-order valence-electron chi connectivity index (χ1n) is 8.79. The quantitative estimate of drug-likeness (QED) is 0.751. The molecule has 2 aromatic carbocycles. The maximum absolute atomic E-state index is 12.8. The molecule has 0 aliphatic carbocycles. The number of hydrogen-bond donors (Lipinski definition) is 1. The van der Waals surface area contributed by atoms with Crippen molar-refractivity contribution in [3.63, 3.8) is 0 Å². The Hall–Kier alpha value is -2.70. The Labute approximate surface area is 160 Å². The average Bonchev–Trinajstić information content (AvgIpc) is 3.20. The smallest absolute Gasteiger partial charge is 0.265 e. The van der Waals surface area contributed by atoms with Crippen LogP contribution in [0.5, 0.6) is 0 Å². The number of benzene rings is 2. The van der Waals surface area contributed by atoms with Crippen molar-refractivity contribution < 1.29 is 9.53 Å². The molecule has 27 heavy (non-hydrogen) atoms. The monoisotopic (exact) mass is 383 g/mol. The summed E-state index contributed by atoms with van der Waals surface area (Å²) in [7, 11) is 0. The topological polar surface area (TPSA) is 73.2 Å². The number of carbonyl (C=O) groups is 1. The van der Waals surface area contributed by atoms with Crippen molar-refractivity contribution in [3.8, 4) is 5.69 Å². The molecule has 1 saturated heterocycles. The fraction of sp³-hybridized carbons (Fsp3) is 0.250. The molecular weight excluding hydrogens is 366 g/mol. The molecule has 1 aliphatic rings. The summed E-state index contributed by atoms with van der Waals surface area (Å²) >= 11 is 6.01. The van der Waals surface area contributed by atoms with E-state index in [-0.39, 0.29) is 17.6 Å². The zero-order valence-electron chi connectivity index (χ0n) is 14.5. The Morgan fingerprint density at radius 1 is 1.30 bits per heavy atom. The van der Waals surface area contributed by atoms with Gasteiger partial charge in [0.05, 0.1) is 22.7 Å². The molecule has 4 rings (SSSR count). The lowest BCUT2D eigenvalue weighted by molar-refractivity contribution is 0.0858. The van der Waals surface area contributed by atoms with Crippen molar-refractivity contribution in [3.05, 3.63) is 69.7 Å². The number of nitrogens with zero attached hydrogens (tertiary/aromatic N) is 2. The summed E-state index contributed by atoms with van der Waals surface area (Å²) in [6.45, 7) is 1.24. The normalized spacial score (nSPS) is 16.6. The van der Waals surface area contributed by atoms with Gasteiger partial charge in [0.15, 0.2) is 0 Å². The molecule has 1 atom stereocenters. The van der Waals surface area contributed by atoms with Crippen LogP contribution in [0.4, 0.5) is 0 Å². The maximum Gasteiger partial charge on any atom is 0.265 e. The highest BCUT2D eigenvalue weighted by atomic mass is 35.5. The molecule has 1 aliphatic heterocycles. The average molecular weight is 384 g/mol. The minimum absolute atomic E-state index is 0.0810. The Morgan fingerprint density at radius 3 is 2.96 bits per heavy atom. The van der Waals surface area contributed by atoms with Gasteiger partial charge in [-0.3, -0.25) is 14.2 Å². The van der Waals surface area contributed by atoms with Crippen LogP contribution in [0, 0.1) is 0 Å². The van der Waals surface area contributed by atoms with Crippen LogP contribution in [0.25, 0.3) is 16.6 Å². The van der Waals surface area contributed by atoms with E-state index < -0.39 is 0 Å². The minimum atomic E-state index is -0.214. The minimum Gasteiger partial charge on any atom is -0.376 e. The van der Waals surface area contributed by atoms with E-state index in [0.29, 0.717) is 33.7 Å². The first-order chi connectivity index (χ1) is 13.1. The van der Waals surface area contributed by atoms with Gasteiger partial charge in [0.1, 0.15) is 6.33 Å². The van der Waals surface area contributed by atoms with E-state index in [1.54, 1.807) is 42.5 Å². The summed E-state index contributed by atoms with van der Waals surface area (Å²) in [6, 6.07) is 11.9. The van der Waals surface area contributed by atoms with E-state index >= 15 is 0 Å². The molecule has 138 valence electrons. The van der Waals surface area contributed by atoms with Crippen LogP contribution in [0.2, 0.25) is 5.02 Å². The molecule has 0 spiro atoms. The maximum atomic E-state index is 12.8. The molecule has 1 fully saturated rings. The largest absolute Gasteiger partial charge is 0.376 e. The number of rotatable bonds is 4. The summed E-state index contributed by atoms with van der Waals surface area (Å²) in [5, 5.41) is 3.85. The van der Waals surface area contributed by atoms with Crippen molar-refractivity contribution >= 4 is 28.4 Å². The van der Waals surface area contributed by atoms with Crippen molar-refractivity contribution in [2.45, 2.75) is 18.9 Å². The number of aromatic nitrogens is 2. The van der Waals surface area contributed by atoms with Gasteiger partial charge in [0.25, 0.3) is 11.5 Å². The van der Waals surface area contributed by atoms with E-state index in [2.05, 4.69) is 10.3 Å². The standard InChI is InChI=1S/C20H18ClN3O3/c21-14-3-1-4-15(10-14)24-12-23-18-9-13(6-7-17(18)20(24)26)19(25)22-11-16-5-2-8-27-16/h1,3-4,6-7,9-10,12,16H,2,5,8,11H2,(H,22,25)/t16-/m1/s1. The molecule has 0 saturated carbocycles. The van der Waals surface area contributed by atoms with E-state index in [4.69, 9.17) is 16.3 Å². The molecule has 1 N–H and O–H groups in total. The van der Waals surface area contributed by atoms with Crippen molar-refractivity contribution in [2.24, 2.45) is 0 Å². The van der Waals surface area contributed by atoms with Gasteiger partial charge in [-0.05, 0) is 49.2 Å². The second kappa shape index (κ2) is 7.50. The Morgan fingerprint density at radius 2 is 2.19 bits per heavy atom. The van der Waals surface area contributed by atoms with Gasteiger partial charge >= 0.3 is 0 Å². The molecule has 0 bridgehead atoms. The Balaban J connectivity index is 1.60. The summed E-state index contributed by atoms with van der Waals surface area (Å²) in [5.41, 5.74) is 1.37. The molecule has 6 nitrogen and oxygen atoms in total. The number of amides is 1. The lowest BCUT2D eigenvalue weighted by Crippen LogP contribution is -2.31. The summed E-state index contributed by atoms with van der Waals surface area (Å²) in [6.07, 6.45) is 3.52. The fourth-order valence-electron chi connectivity index (χ4n) is 3.19. The predicted octanol–water partition coefficient (Wildman–Crippen LogP) is 2.95. The van der Waals surface area contributed by atoms with Crippen LogP contribution < -0.4 is 10.9 Å². The SMILES string of the molecule is O=C(NC[C@H]1CCCO1)c1ccc2c(=O)n(-c3cccc(Cl)c3)cnc2c1. The van der Waals surface area contributed by atoms with E-state index in [1.165, 1.54) is 10.9 Å². The third kappa shape index (κ3) is 3.72. The lowest BCUT2D eigenvalue weighted by atomic mass is 10.1. The van der Waals surface area contributed by atoms with Crippen LogP contribution in [-0.4, -0.2) is 34.7 Å². The molecule has 1 amide bonds. The van der Waals surface area contributed by atoms with Gasteiger partial charge in [-0.1, -0.05) is 17.7 Å². The van der Waals surface area contributed by atoms with Gasteiger partial charge < -0.3 is 10.1 Å². The molecule has 0 radical (unpaired) electrons. The second-order valence-electron chi connectivity index (χ2n) is 6.48. The summed E-state index contributed by atoms with van der Waals surface area (Å²) < 4.78 is 6.94. The van der Waals surface area contributed by atoms with Gasteiger partial charge in [-0.25, -0.2) is 4.98 Å². The molecule has 3 aromatic rings. The van der Waals surface area contributed by atoms with Crippen LogP contribution in [0.15, 0.2) is 53.6 Å². The van der Waals surface area contributed by atoms with Crippen molar-refractivity contribution in [1.29, 1.82) is 0 Å². The fourth-order valence-corrected chi connectivity index (χ4v) is 3.37. The summed E-state index contributed by atoms with van der Waals surface area (Å²) in [5.74, 6) is -0.201. The highest BCUT2D eigenvalue weighted by Crippen LogP contribution is 2.16. The van der Waals surface area contributed by atoms with Crippen LogP contribution in [0.3, 0.4) is 0 Å². The number of hydrogen-bond acceptors (Lipinski definition) is 4. The zero-order chi connectivity index (χ0) is 18.8. The van der Waals surface area contributed by atoms with E-state index in [9.17, 15) is 9.59 Å². The molecule has 1 aromatic heterocycles. The van der Waals surface area contributed by atoms with Gasteiger partial charge in [-0.15, -0.1) is 0 Å². The molecule has 2 heterocycles. The van der Waals surface area contributed by atoms with Gasteiger partial charge in [0.2, 0.25) is 0 Å². The third-order valence-corrected chi connectivity index (χ3v) is 4.86. The molecular formula is C20H18ClN3O3. The molecule has 0 unspecified atom stereocenters. The van der Waals surface area contributed by atoms with Gasteiger partial charge in [-0.2, -0.15) is 0 Å². The first-order valence-corrected chi connectivity index (χ1v) is 9.17. The first kappa shape index (κ1) is 17.7. The van der Waals surface area contributed by atoms with E-state index in [0.717, 1.165) is 19.4 Å². The lowest BCUT2D eigenvalue weighted by Gasteiger charge is -2.11. The Kier molecular flexibility index (Phi) is 4.92. The second-order valence-corrected chi connectivity index (χ2v) is 6.91. The zero-order valence-corrected chi connectivity index (χ0v) is 15.3. The number of nitrogens with one attached hydrogen (secondary N) is 1. The predicted molar refractivity (Wildman–Crippen MR) is 104 cm³/mol. The van der Waals surface area contributed by atoms with Crippen molar-refractivity contribution in [2.75, 3.05) is 13.2 Å². The third-order valence-electron chi connectivity index (χ3n) is 4.62. The number of ether oxygens (including phenoxy) is 1. The number of fused-ring (bicyclic) bond motifs is 1.